The van der Waals surface area contributed by atoms with Crippen LogP contribution in [0.4, 0.5) is 4.39 Å². The van der Waals surface area contributed by atoms with E-state index < -0.39 is 21.8 Å². The molecule has 0 aliphatic carbocycles. The number of aliphatic carboxylic acids is 1. The van der Waals surface area contributed by atoms with Crippen molar-refractivity contribution in [3.63, 3.8) is 0 Å². The van der Waals surface area contributed by atoms with E-state index in [0.717, 1.165) is 0 Å². The predicted octanol–water partition coefficient (Wildman–Crippen LogP) is 3.08. The lowest BCUT2D eigenvalue weighted by Gasteiger charge is -2.18. The van der Waals surface area contributed by atoms with Crippen LogP contribution in [-0.2, 0) is 21.2 Å². The molecule has 0 saturated carbocycles. The summed E-state index contributed by atoms with van der Waals surface area (Å²) in [5.74, 6) is -1.03. The Morgan fingerprint density at radius 2 is 1.94 bits per heavy atom. The molecule has 2 heterocycles. The van der Waals surface area contributed by atoms with E-state index in [2.05, 4.69) is 5.10 Å². The maximum Gasteiger partial charge on any atom is 0.309 e. The van der Waals surface area contributed by atoms with Gasteiger partial charge in [-0.3, -0.25) is 9.48 Å². The monoisotopic (exact) mass is 461 g/mol. The molecule has 3 aromatic rings. The van der Waals surface area contributed by atoms with E-state index in [1.54, 1.807) is 16.8 Å². The van der Waals surface area contributed by atoms with Crippen molar-refractivity contribution in [3.8, 4) is 5.75 Å². The molecule has 0 spiro atoms. The molecule has 1 aliphatic heterocycles. The van der Waals surface area contributed by atoms with Gasteiger partial charge in [0.05, 0.1) is 35.2 Å². The van der Waals surface area contributed by atoms with Crippen molar-refractivity contribution in [2.24, 2.45) is 5.92 Å². The Bertz CT molecular complexity index is 1260. The normalized spacial score (nSPS) is 19.5. The number of halogens is 1. The van der Waals surface area contributed by atoms with Crippen molar-refractivity contribution in [3.05, 3.63) is 54.0 Å². The standard InChI is InChI=1S/C22H24FN3O5S/c1-3-31-16-5-7-17(8-6-16)32(29,30)25-12-14(2)21(13-25)26-20-10-15(23)4-9-18(20)19(24-26)11-22(27)28/h4-10,14,21H,3,11-13H2,1-2H3,(H,27,28)/t14-,21+/m1/s1. The molecule has 1 N–H and O–H groups in total. The van der Waals surface area contributed by atoms with Gasteiger partial charge in [-0.2, -0.15) is 9.40 Å². The second kappa shape index (κ2) is 8.51. The SMILES string of the molecule is CCOc1ccc(S(=O)(=O)N2C[C@@H](C)[C@@H](n3nc(CC(=O)O)c4ccc(F)cc43)C2)cc1. The highest BCUT2D eigenvalue weighted by Gasteiger charge is 2.39. The van der Waals surface area contributed by atoms with Gasteiger partial charge < -0.3 is 9.84 Å². The topological polar surface area (TPSA) is 102 Å². The van der Waals surface area contributed by atoms with Crippen LogP contribution >= 0.6 is 0 Å². The largest absolute Gasteiger partial charge is 0.494 e. The van der Waals surface area contributed by atoms with E-state index in [1.807, 2.05) is 13.8 Å². The van der Waals surface area contributed by atoms with Gasteiger partial charge >= 0.3 is 5.97 Å². The molecule has 0 amide bonds. The van der Waals surface area contributed by atoms with E-state index in [4.69, 9.17) is 4.74 Å². The molecule has 1 fully saturated rings. The number of ether oxygens (including phenoxy) is 1. The molecule has 0 unspecified atom stereocenters. The van der Waals surface area contributed by atoms with E-state index >= 15 is 0 Å². The Morgan fingerprint density at radius 1 is 1.22 bits per heavy atom. The maximum atomic E-state index is 14.0. The molecule has 1 aromatic heterocycles. The first kappa shape index (κ1) is 22.2. The molecule has 1 aliphatic rings. The number of carboxylic acids is 1. The Labute approximate surface area is 185 Å². The fraction of sp³-hybridized carbons (Fsp3) is 0.364. The van der Waals surface area contributed by atoms with Crippen LogP contribution in [0.2, 0.25) is 0 Å². The van der Waals surface area contributed by atoms with Crippen LogP contribution in [0.15, 0.2) is 47.4 Å². The van der Waals surface area contributed by atoms with E-state index in [-0.39, 0.29) is 36.4 Å². The Hall–Kier alpha value is -2.98. The fourth-order valence-corrected chi connectivity index (χ4v) is 5.71. The van der Waals surface area contributed by atoms with Crippen molar-refractivity contribution < 1.29 is 27.4 Å². The second-order valence-electron chi connectivity index (χ2n) is 7.89. The number of carbonyl (C=O) groups is 1. The summed E-state index contributed by atoms with van der Waals surface area (Å²) in [5.41, 5.74) is 0.783. The summed E-state index contributed by atoms with van der Waals surface area (Å²) in [7, 11) is -3.75. The third-order valence-electron chi connectivity index (χ3n) is 5.69. The third-order valence-corrected chi connectivity index (χ3v) is 7.54. The van der Waals surface area contributed by atoms with Gasteiger partial charge in [0.25, 0.3) is 0 Å². The summed E-state index contributed by atoms with van der Waals surface area (Å²) in [5, 5.41) is 14.2. The molecule has 10 heteroatoms. The number of carboxylic acid groups (broad SMARTS) is 1. The summed E-state index contributed by atoms with van der Waals surface area (Å²) < 4.78 is 48.7. The maximum absolute atomic E-state index is 14.0. The molecule has 32 heavy (non-hydrogen) atoms. The molecule has 2 atom stereocenters. The minimum Gasteiger partial charge on any atom is -0.494 e. The zero-order valence-electron chi connectivity index (χ0n) is 17.7. The van der Waals surface area contributed by atoms with E-state index in [9.17, 15) is 22.7 Å². The fourth-order valence-electron chi connectivity index (χ4n) is 4.15. The zero-order valence-corrected chi connectivity index (χ0v) is 18.5. The smallest absolute Gasteiger partial charge is 0.309 e. The summed E-state index contributed by atoms with van der Waals surface area (Å²) in [6, 6.07) is 10.00. The molecule has 2 aromatic carbocycles. The van der Waals surface area contributed by atoms with Crippen LogP contribution in [0.3, 0.4) is 0 Å². The third kappa shape index (κ3) is 4.07. The number of nitrogens with zero attached hydrogens (tertiary/aromatic N) is 3. The number of aromatic nitrogens is 2. The lowest BCUT2D eigenvalue weighted by atomic mass is 10.1. The van der Waals surface area contributed by atoms with Crippen molar-refractivity contribution in [2.45, 2.75) is 31.2 Å². The molecule has 8 nitrogen and oxygen atoms in total. The summed E-state index contributed by atoms with van der Waals surface area (Å²) >= 11 is 0. The number of benzene rings is 2. The highest BCUT2D eigenvalue weighted by atomic mass is 32.2. The van der Waals surface area contributed by atoms with Gasteiger partial charge in [0, 0.05) is 18.5 Å². The van der Waals surface area contributed by atoms with Gasteiger partial charge in [-0.25, -0.2) is 12.8 Å². The minimum atomic E-state index is -3.75. The number of hydrogen-bond acceptors (Lipinski definition) is 5. The summed E-state index contributed by atoms with van der Waals surface area (Å²) in [6.45, 7) is 4.66. The number of hydrogen-bond donors (Lipinski definition) is 1. The van der Waals surface area contributed by atoms with Crippen molar-refractivity contribution in [2.75, 3.05) is 19.7 Å². The molecule has 170 valence electrons. The van der Waals surface area contributed by atoms with Gasteiger partial charge in [0.2, 0.25) is 10.0 Å². The average Bonchev–Trinajstić information content (AvgIpc) is 3.29. The quantitative estimate of drug-likeness (QED) is 0.580. The summed E-state index contributed by atoms with van der Waals surface area (Å²) in [6.07, 6.45) is -0.301. The zero-order chi connectivity index (χ0) is 23.0. The average molecular weight is 462 g/mol. The van der Waals surface area contributed by atoms with Crippen LogP contribution in [-0.4, -0.2) is 53.3 Å². The first-order valence-corrected chi connectivity index (χ1v) is 11.8. The van der Waals surface area contributed by atoms with Gasteiger partial charge in [-0.1, -0.05) is 6.92 Å². The van der Waals surface area contributed by atoms with Crippen LogP contribution in [0.5, 0.6) is 5.75 Å². The molecule has 0 radical (unpaired) electrons. The molecule has 0 bridgehead atoms. The van der Waals surface area contributed by atoms with Gasteiger partial charge in [0.15, 0.2) is 0 Å². The number of rotatable bonds is 7. The van der Waals surface area contributed by atoms with Crippen LogP contribution < -0.4 is 4.74 Å². The van der Waals surface area contributed by atoms with Crippen molar-refractivity contribution >= 4 is 26.9 Å². The number of fused-ring (bicyclic) bond motifs is 1. The highest BCUT2D eigenvalue weighted by molar-refractivity contribution is 7.89. The lowest BCUT2D eigenvalue weighted by molar-refractivity contribution is -0.136. The van der Waals surface area contributed by atoms with Crippen LogP contribution in [0.1, 0.15) is 25.6 Å². The van der Waals surface area contributed by atoms with Crippen LogP contribution in [0.25, 0.3) is 10.9 Å². The van der Waals surface area contributed by atoms with E-state index in [1.165, 1.54) is 34.6 Å². The van der Waals surface area contributed by atoms with Crippen LogP contribution in [0, 0.1) is 11.7 Å². The van der Waals surface area contributed by atoms with Crippen molar-refractivity contribution in [1.82, 2.24) is 14.1 Å². The number of sulfonamides is 1. The van der Waals surface area contributed by atoms with Gasteiger partial charge in [0.1, 0.15) is 11.6 Å². The molecule has 1 saturated heterocycles. The molecular formula is C22H24FN3O5S. The molecule has 4 rings (SSSR count). The Balaban J connectivity index is 1.66. The Morgan fingerprint density at radius 3 is 2.59 bits per heavy atom. The predicted molar refractivity (Wildman–Crippen MR) is 116 cm³/mol. The first-order chi connectivity index (χ1) is 15.2. The second-order valence-corrected chi connectivity index (χ2v) is 9.83. The molecular weight excluding hydrogens is 437 g/mol. The van der Waals surface area contributed by atoms with Crippen molar-refractivity contribution in [1.29, 1.82) is 0 Å². The van der Waals surface area contributed by atoms with Gasteiger partial charge in [-0.15, -0.1) is 0 Å². The van der Waals surface area contributed by atoms with Gasteiger partial charge in [-0.05, 0) is 55.3 Å². The minimum absolute atomic E-state index is 0.114. The highest BCUT2D eigenvalue weighted by Crippen LogP contribution is 2.35. The Kier molecular flexibility index (Phi) is 5.91. The van der Waals surface area contributed by atoms with E-state index in [0.29, 0.717) is 29.0 Å². The first-order valence-electron chi connectivity index (χ1n) is 10.3. The lowest BCUT2D eigenvalue weighted by Crippen LogP contribution is -2.29. The summed E-state index contributed by atoms with van der Waals surface area (Å²) in [4.78, 5) is 11.4.